The summed E-state index contributed by atoms with van der Waals surface area (Å²) in [6.45, 7) is 7.28. The van der Waals surface area contributed by atoms with Gasteiger partial charge in [-0.3, -0.25) is 4.57 Å². The van der Waals surface area contributed by atoms with Crippen molar-refractivity contribution in [3.05, 3.63) is 58.1 Å². The molecule has 1 aliphatic rings. The van der Waals surface area contributed by atoms with Gasteiger partial charge in [-0.1, -0.05) is 35.3 Å². The van der Waals surface area contributed by atoms with Crippen molar-refractivity contribution in [1.82, 2.24) is 14.5 Å². The Balaban J connectivity index is 1.51. The number of hydrogen-bond acceptors (Lipinski definition) is 4. The van der Waals surface area contributed by atoms with Crippen molar-refractivity contribution in [3.63, 3.8) is 0 Å². The van der Waals surface area contributed by atoms with Crippen LogP contribution in [0.3, 0.4) is 0 Å². The number of piperidine rings is 1. The third-order valence-electron chi connectivity index (χ3n) is 5.32. The van der Waals surface area contributed by atoms with Gasteiger partial charge in [0.1, 0.15) is 11.7 Å². The monoisotopic (exact) mass is 475 g/mol. The Kier molecular flexibility index (Phi) is 6.54. The van der Waals surface area contributed by atoms with Crippen LogP contribution < -0.4 is 4.74 Å². The Hall–Kier alpha value is -2.44. The lowest BCUT2D eigenvalue weighted by Crippen LogP contribution is -2.44. The molecule has 8 heteroatoms. The van der Waals surface area contributed by atoms with Crippen LogP contribution in [0.2, 0.25) is 10.0 Å². The topological polar surface area (TPSA) is 56.6 Å². The van der Waals surface area contributed by atoms with Gasteiger partial charge in [-0.15, -0.1) is 0 Å². The average Bonchev–Trinajstić information content (AvgIpc) is 3.07. The Labute approximate surface area is 198 Å². The van der Waals surface area contributed by atoms with Crippen LogP contribution in [0.5, 0.6) is 6.01 Å². The normalized spacial score (nSPS) is 15.2. The van der Waals surface area contributed by atoms with Crippen molar-refractivity contribution in [1.29, 1.82) is 0 Å². The molecule has 0 saturated carbocycles. The first-order chi connectivity index (χ1) is 15.2. The van der Waals surface area contributed by atoms with Crippen LogP contribution in [0, 0.1) is 0 Å². The zero-order valence-electron chi connectivity index (χ0n) is 18.5. The molecule has 6 nitrogen and oxygen atoms in total. The van der Waals surface area contributed by atoms with Crippen LogP contribution in [0.15, 0.2) is 42.5 Å². The van der Waals surface area contributed by atoms with Crippen molar-refractivity contribution in [2.45, 2.75) is 51.9 Å². The van der Waals surface area contributed by atoms with Crippen molar-refractivity contribution >= 4 is 40.3 Å². The Morgan fingerprint density at radius 3 is 2.56 bits per heavy atom. The maximum absolute atomic E-state index is 12.3. The Bertz CT molecular complexity index is 1120. The van der Waals surface area contributed by atoms with Crippen LogP contribution in [0.1, 0.15) is 39.2 Å². The molecule has 0 aliphatic carbocycles. The molecule has 0 unspecified atom stereocenters. The van der Waals surface area contributed by atoms with Crippen LogP contribution >= 0.6 is 23.2 Å². The standard InChI is InChI=1S/C24H27Cl2N3O3/c1-24(2,3)32-23(30)28-12-10-18(11-13-28)31-22-27-20-6-4-5-7-21(20)29(22)15-16-14-17(25)8-9-19(16)26/h4-9,14,18H,10-13,15H2,1-3H3. The summed E-state index contributed by atoms with van der Waals surface area (Å²) in [5, 5.41) is 1.27. The van der Waals surface area contributed by atoms with Crippen LogP contribution in [0.25, 0.3) is 11.0 Å². The molecule has 0 radical (unpaired) electrons. The van der Waals surface area contributed by atoms with Crippen LogP contribution in [0.4, 0.5) is 4.79 Å². The average molecular weight is 476 g/mol. The molecule has 0 spiro atoms. The third-order valence-corrected chi connectivity index (χ3v) is 5.93. The minimum absolute atomic E-state index is 0.0425. The number of carbonyl (C=O) groups is 1. The maximum Gasteiger partial charge on any atom is 0.410 e. The molecule has 1 fully saturated rings. The highest BCUT2D eigenvalue weighted by Crippen LogP contribution is 2.29. The van der Waals surface area contributed by atoms with Gasteiger partial charge in [-0.25, -0.2) is 4.79 Å². The minimum atomic E-state index is -0.503. The number of halogens is 2. The summed E-state index contributed by atoms with van der Waals surface area (Å²) in [5.41, 5.74) is 2.21. The van der Waals surface area contributed by atoms with Crippen LogP contribution in [-0.2, 0) is 11.3 Å². The van der Waals surface area contributed by atoms with Crippen molar-refractivity contribution in [3.8, 4) is 6.01 Å². The molecule has 1 saturated heterocycles. The summed E-state index contributed by atoms with van der Waals surface area (Å²) in [6, 6.07) is 13.9. The predicted octanol–water partition coefficient (Wildman–Crippen LogP) is 6.17. The maximum atomic E-state index is 12.3. The van der Waals surface area contributed by atoms with Gasteiger partial charge in [0.15, 0.2) is 0 Å². The molecule has 32 heavy (non-hydrogen) atoms. The molecular weight excluding hydrogens is 449 g/mol. The highest BCUT2D eigenvalue weighted by molar-refractivity contribution is 6.33. The van der Waals surface area contributed by atoms with E-state index < -0.39 is 5.60 Å². The number of nitrogens with zero attached hydrogens (tertiary/aromatic N) is 3. The van der Waals surface area contributed by atoms with E-state index in [0.29, 0.717) is 48.5 Å². The number of fused-ring (bicyclic) bond motifs is 1. The smallest absolute Gasteiger partial charge is 0.410 e. The first kappa shape index (κ1) is 22.7. The van der Waals surface area contributed by atoms with Gasteiger partial charge in [-0.05, 0) is 56.7 Å². The van der Waals surface area contributed by atoms with E-state index >= 15 is 0 Å². The number of carbonyl (C=O) groups excluding carboxylic acids is 1. The molecule has 1 aliphatic heterocycles. The summed E-state index contributed by atoms with van der Waals surface area (Å²) in [5.74, 6) is 0. The third kappa shape index (κ3) is 5.30. The second kappa shape index (κ2) is 9.20. The second-order valence-electron chi connectivity index (χ2n) is 8.99. The van der Waals surface area contributed by atoms with Gasteiger partial charge >= 0.3 is 6.09 Å². The van der Waals surface area contributed by atoms with Crippen molar-refractivity contribution in [2.24, 2.45) is 0 Å². The van der Waals surface area contributed by atoms with E-state index in [2.05, 4.69) is 0 Å². The lowest BCUT2D eigenvalue weighted by molar-refractivity contribution is 0.0116. The minimum Gasteiger partial charge on any atom is -0.461 e. The van der Waals surface area contributed by atoms with Gasteiger partial charge < -0.3 is 14.4 Å². The number of benzene rings is 2. The molecule has 1 aromatic heterocycles. The first-order valence-electron chi connectivity index (χ1n) is 10.7. The summed E-state index contributed by atoms with van der Waals surface area (Å²) in [7, 11) is 0. The fourth-order valence-electron chi connectivity index (χ4n) is 3.76. The van der Waals surface area contributed by atoms with E-state index in [1.807, 2.05) is 55.7 Å². The number of likely N-dealkylation sites (tertiary alicyclic amines) is 1. The number of aromatic nitrogens is 2. The zero-order valence-corrected chi connectivity index (χ0v) is 20.0. The van der Waals surface area contributed by atoms with Gasteiger partial charge in [0.2, 0.25) is 0 Å². The summed E-state index contributed by atoms with van der Waals surface area (Å²) >= 11 is 12.6. The van der Waals surface area contributed by atoms with Gasteiger partial charge in [0.25, 0.3) is 6.01 Å². The molecule has 2 heterocycles. The molecule has 3 aromatic rings. The quantitative estimate of drug-likeness (QED) is 0.452. The number of hydrogen-bond donors (Lipinski definition) is 0. The zero-order chi connectivity index (χ0) is 22.9. The van der Waals surface area contributed by atoms with E-state index in [1.54, 1.807) is 17.0 Å². The highest BCUT2D eigenvalue weighted by Gasteiger charge is 2.28. The number of amides is 1. The van der Waals surface area contributed by atoms with Crippen molar-refractivity contribution < 1.29 is 14.3 Å². The Morgan fingerprint density at radius 2 is 1.84 bits per heavy atom. The summed E-state index contributed by atoms with van der Waals surface area (Å²) in [4.78, 5) is 18.8. The lowest BCUT2D eigenvalue weighted by Gasteiger charge is -2.33. The number of imidazole rings is 1. The highest BCUT2D eigenvalue weighted by atomic mass is 35.5. The van der Waals surface area contributed by atoms with Gasteiger partial charge in [0, 0.05) is 36.0 Å². The summed E-state index contributed by atoms with van der Waals surface area (Å²) < 4.78 is 13.8. The second-order valence-corrected chi connectivity index (χ2v) is 9.83. The fourth-order valence-corrected chi connectivity index (χ4v) is 4.13. The lowest BCUT2D eigenvalue weighted by atomic mass is 10.1. The molecule has 0 N–H and O–H groups in total. The molecule has 0 bridgehead atoms. The van der Waals surface area contributed by atoms with Gasteiger partial charge in [-0.2, -0.15) is 4.98 Å². The predicted molar refractivity (Wildman–Crippen MR) is 127 cm³/mol. The number of ether oxygens (including phenoxy) is 2. The molecule has 4 rings (SSSR count). The summed E-state index contributed by atoms with van der Waals surface area (Å²) in [6.07, 6.45) is 1.10. The van der Waals surface area contributed by atoms with E-state index in [0.717, 1.165) is 16.6 Å². The van der Waals surface area contributed by atoms with E-state index in [1.165, 1.54) is 0 Å². The van der Waals surface area contributed by atoms with E-state index in [9.17, 15) is 4.79 Å². The Morgan fingerprint density at radius 1 is 1.12 bits per heavy atom. The number of rotatable bonds is 4. The molecule has 0 atom stereocenters. The van der Waals surface area contributed by atoms with E-state index in [-0.39, 0.29) is 12.2 Å². The molecule has 170 valence electrons. The van der Waals surface area contributed by atoms with Gasteiger partial charge in [0.05, 0.1) is 17.6 Å². The SMILES string of the molecule is CC(C)(C)OC(=O)N1CCC(Oc2nc3ccccc3n2Cc2cc(Cl)ccc2Cl)CC1. The van der Waals surface area contributed by atoms with E-state index in [4.69, 9.17) is 37.7 Å². The number of para-hydroxylation sites is 2. The molecular formula is C24H27Cl2N3O3. The van der Waals surface area contributed by atoms with Crippen molar-refractivity contribution in [2.75, 3.05) is 13.1 Å². The molecule has 1 amide bonds. The fraction of sp³-hybridized carbons (Fsp3) is 0.417. The molecule has 2 aromatic carbocycles. The first-order valence-corrected chi connectivity index (χ1v) is 11.5. The largest absolute Gasteiger partial charge is 0.461 e. The van der Waals surface area contributed by atoms with Crippen LogP contribution in [-0.4, -0.2) is 45.3 Å².